The zero-order chi connectivity index (χ0) is 24.4. The summed E-state index contributed by atoms with van der Waals surface area (Å²) < 4.78 is 0. The normalized spacial score (nSPS) is 13.6. The van der Waals surface area contributed by atoms with Crippen LogP contribution in [-0.4, -0.2) is 21.1 Å². The lowest BCUT2D eigenvalue weighted by atomic mass is 9.70. The van der Waals surface area contributed by atoms with Gasteiger partial charge in [-0.3, -0.25) is 0 Å². The predicted molar refractivity (Wildman–Crippen MR) is 152 cm³/mol. The number of anilines is 3. The van der Waals surface area contributed by atoms with Crippen molar-refractivity contribution < 1.29 is 0 Å². The summed E-state index contributed by atoms with van der Waals surface area (Å²) in [6.45, 7) is 0. The quantitative estimate of drug-likeness (QED) is 0.263. The first-order valence-corrected chi connectivity index (χ1v) is 12.6. The minimum atomic E-state index is -0.274. The van der Waals surface area contributed by atoms with Crippen LogP contribution in [0.15, 0.2) is 115 Å². The van der Waals surface area contributed by atoms with Gasteiger partial charge in [-0.2, -0.15) is 0 Å². The van der Waals surface area contributed by atoms with Crippen molar-refractivity contribution in [3.05, 3.63) is 138 Å². The Bertz CT molecular complexity index is 1580. The van der Waals surface area contributed by atoms with Gasteiger partial charge in [0.15, 0.2) is 0 Å². The summed E-state index contributed by atoms with van der Waals surface area (Å²) in [7, 11) is 6.31. The predicted octanol–water partition coefficient (Wildman–Crippen LogP) is 7.86. The van der Waals surface area contributed by atoms with Crippen LogP contribution in [0.2, 0.25) is 0 Å². The molecule has 0 heterocycles. The molecule has 0 saturated heterocycles. The van der Waals surface area contributed by atoms with Crippen molar-refractivity contribution in [2.75, 3.05) is 30.9 Å². The van der Waals surface area contributed by atoms with Crippen molar-refractivity contribution in [1.82, 2.24) is 0 Å². The molecule has 0 fully saturated rings. The molecular formula is C34H28N2. The van der Waals surface area contributed by atoms with Gasteiger partial charge in [0.1, 0.15) is 0 Å². The summed E-state index contributed by atoms with van der Waals surface area (Å²) in [4.78, 5) is 4.41. The molecule has 2 aliphatic carbocycles. The topological polar surface area (TPSA) is 6.48 Å². The third kappa shape index (κ3) is 2.67. The SMILES string of the molecule is CN(C)c1ccc(N(C)c2ccc3c(c2)-c2ccccc2C32c3ccccc3-c3ccccc32)cc1. The van der Waals surface area contributed by atoms with Crippen molar-refractivity contribution in [1.29, 1.82) is 0 Å². The van der Waals surface area contributed by atoms with Crippen LogP contribution in [0, 0.1) is 0 Å². The molecule has 2 heteroatoms. The average molecular weight is 465 g/mol. The first kappa shape index (κ1) is 21.0. The van der Waals surface area contributed by atoms with Crippen LogP contribution in [0.25, 0.3) is 22.3 Å². The molecular weight excluding hydrogens is 436 g/mol. The Labute approximate surface area is 213 Å². The van der Waals surface area contributed by atoms with Gasteiger partial charge in [-0.25, -0.2) is 0 Å². The maximum absolute atomic E-state index is 2.38. The second-order valence-corrected chi connectivity index (χ2v) is 10.1. The van der Waals surface area contributed by atoms with Crippen molar-refractivity contribution in [3.8, 4) is 22.3 Å². The summed E-state index contributed by atoms with van der Waals surface area (Å²) >= 11 is 0. The van der Waals surface area contributed by atoms with Gasteiger partial charge in [0.2, 0.25) is 0 Å². The number of nitrogens with zero attached hydrogens (tertiary/aromatic N) is 2. The Morgan fingerprint density at radius 3 is 1.36 bits per heavy atom. The monoisotopic (exact) mass is 464 g/mol. The fourth-order valence-electron chi connectivity index (χ4n) is 6.42. The number of hydrogen-bond acceptors (Lipinski definition) is 2. The maximum atomic E-state index is 2.38. The molecule has 174 valence electrons. The van der Waals surface area contributed by atoms with Crippen LogP contribution in [0.4, 0.5) is 17.1 Å². The van der Waals surface area contributed by atoms with Crippen molar-refractivity contribution >= 4 is 17.1 Å². The number of benzene rings is 5. The fourth-order valence-corrected chi connectivity index (χ4v) is 6.42. The van der Waals surface area contributed by atoms with Crippen molar-refractivity contribution in [2.45, 2.75) is 5.41 Å². The summed E-state index contributed by atoms with van der Waals surface area (Å²) in [5, 5.41) is 0. The van der Waals surface area contributed by atoms with Gasteiger partial charge >= 0.3 is 0 Å². The third-order valence-corrected chi connectivity index (χ3v) is 8.12. The highest BCUT2D eigenvalue weighted by Crippen LogP contribution is 2.62. The summed E-state index contributed by atoms with van der Waals surface area (Å²) in [6.07, 6.45) is 0. The van der Waals surface area contributed by atoms with E-state index in [-0.39, 0.29) is 5.41 Å². The van der Waals surface area contributed by atoms with Crippen LogP contribution in [-0.2, 0) is 5.41 Å². The lowest BCUT2D eigenvalue weighted by Crippen LogP contribution is -2.25. The molecule has 0 radical (unpaired) electrons. The van der Waals surface area contributed by atoms with E-state index in [1.165, 1.54) is 61.6 Å². The first-order chi connectivity index (χ1) is 17.6. The Kier molecular flexibility index (Phi) is 4.44. The molecule has 0 aromatic heterocycles. The van der Waals surface area contributed by atoms with E-state index in [2.05, 4.69) is 146 Å². The van der Waals surface area contributed by atoms with Gasteiger partial charge in [0.25, 0.3) is 0 Å². The molecule has 0 aliphatic heterocycles. The standard InChI is InChI=1S/C34H28N2/c1-35(2)23-16-18-24(19-17-23)36(3)25-20-21-33-29(22-25)28-12-6-9-15-32(28)34(33)30-13-7-4-10-26(30)27-11-5-8-14-31(27)34/h4-22H,1-3H3. The molecule has 0 atom stereocenters. The molecule has 0 N–H and O–H groups in total. The number of hydrogen-bond donors (Lipinski definition) is 0. The van der Waals surface area contributed by atoms with E-state index in [9.17, 15) is 0 Å². The van der Waals surface area contributed by atoms with E-state index >= 15 is 0 Å². The molecule has 0 unspecified atom stereocenters. The van der Waals surface area contributed by atoms with Crippen molar-refractivity contribution in [3.63, 3.8) is 0 Å². The van der Waals surface area contributed by atoms with Crippen LogP contribution >= 0.6 is 0 Å². The summed E-state index contributed by atoms with van der Waals surface area (Å²) in [5.74, 6) is 0. The third-order valence-electron chi connectivity index (χ3n) is 8.12. The molecule has 0 bridgehead atoms. The maximum Gasteiger partial charge on any atom is 0.0725 e. The minimum absolute atomic E-state index is 0.274. The fraction of sp³-hybridized carbons (Fsp3) is 0.118. The zero-order valence-corrected chi connectivity index (χ0v) is 20.9. The van der Waals surface area contributed by atoms with E-state index in [0.717, 1.165) is 0 Å². The summed E-state index contributed by atoms with van der Waals surface area (Å²) in [5.41, 5.74) is 14.2. The zero-order valence-electron chi connectivity index (χ0n) is 20.9. The van der Waals surface area contributed by atoms with Crippen LogP contribution < -0.4 is 9.80 Å². The minimum Gasteiger partial charge on any atom is -0.378 e. The van der Waals surface area contributed by atoms with Crippen LogP contribution in [0.3, 0.4) is 0 Å². The molecule has 2 nitrogen and oxygen atoms in total. The summed E-state index contributed by atoms with van der Waals surface area (Å²) in [6, 6.07) is 42.7. The highest BCUT2D eigenvalue weighted by atomic mass is 15.1. The molecule has 2 aliphatic rings. The molecule has 5 aromatic rings. The second kappa shape index (κ2) is 7.60. The molecule has 0 saturated carbocycles. The van der Waals surface area contributed by atoms with Crippen LogP contribution in [0.5, 0.6) is 0 Å². The highest BCUT2D eigenvalue weighted by molar-refractivity contribution is 5.95. The Morgan fingerprint density at radius 2 is 0.833 bits per heavy atom. The molecule has 7 rings (SSSR count). The Balaban J connectivity index is 1.45. The largest absolute Gasteiger partial charge is 0.378 e. The van der Waals surface area contributed by atoms with Gasteiger partial charge in [0, 0.05) is 38.2 Å². The van der Waals surface area contributed by atoms with E-state index in [0.29, 0.717) is 0 Å². The van der Waals surface area contributed by atoms with Crippen molar-refractivity contribution in [2.24, 2.45) is 0 Å². The lowest BCUT2D eigenvalue weighted by Gasteiger charge is -2.30. The number of rotatable bonds is 3. The van der Waals surface area contributed by atoms with E-state index in [1.54, 1.807) is 0 Å². The van der Waals surface area contributed by atoms with Gasteiger partial charge in [-0.1, -0.05) is 78.9 Å². The van der Waals surface area contributed by atoms with Gasteiger partial charge in [-0.15, -0.1) is 0 Å². The highest BCUT2D eigenvalue weighted by Gasteiger charge is 2.51. The van der Waals surface area contributed by atoms with Crippen LogP contribution in [0.1, 0.15) is 22.3 Å². The molecule has 1 spiro atoms. The molecule has 36 heavy (non-hydrogen) atoms. The molecule has 5 aromatic carbocycles. The second-order valence-electron chi connectivity index (χ2n) is 10.1. The Hall–Kier alpha value is -4.30. The van der Waals surface area contributed by atoms with Gasteiger partial charge in [0.05, 0.1) is 5.41 Å². The Morgan fingerprint density at radius 1 is 0.417 bits per heavy atom. The number of fused-ring (bicyclic) bond motifs is 10. The molecule has 0 amide bonds. The average Bonchev–Trinajstić information content (AvgIpc) is 3.40. The lowest BCUT2D eigenvalue weighted by molar-refractivity contribution is 0.793. The van der Waals surface area contributed by atoms with Gasteiger partial charge in [-0.05, 0) is 80.9 Å². The van der Waals surface area contributed by atoms with E-state index in [1.807, 2.05) is 0 Å². The first-order valence-electron chi connectivity index (χ1n) is 12.6. The smallest absolute Gasteiger partial charge is 0.0725 e. The van der Waals surface area contributed by atoms with E-state index in [4.69, 9.17) is 0 Å². The van der Waals surface area contributed by atoms with Gasteiger partial charge < -0.3 is 9.80 Å². The van der Waals surface area contributed by atoms with E-state index < -0.39 is 0 Å².